The molecule has 2 rings (SSSR count). The predicted octanol–water partition coefficient (Wildman–Crippen LogP) is 2.29. The lowest BCUT2D eigenvalue weighted by Gasteiger charge is -2.05. The van der Waals surface area contributed by atoms with Crippen molar-refractivity contribution < 1.29 is 28.3 Å². The molecular weight excluding hydrogens is 328 g/mol. The van der Waals surface area contributed by atoms with Gasteiger partial charge < -0.3 is 13.9 Å². The Morgan fingerprint density at radius 1 is 1.12 bits per heavy atom. The van der Waals surface area contributed by atoms with Gasteiger partial charge in [-0.05, 0) is 25.1 Å². The van der Waals surface area contributed by atoms with Crippen LogP contribution in [0.2, 0.25) is 0 Å². The van der Waals surface area contributed by atoms with Crippen LogP contribution >= 0.6 is 0 Å². The summed E-state index contributed by atoms with van der Waals surface area (Å²) in [6.45, 7) is 1.47. The van der Waals surface area contributed by atoms with Gasteiger partial charge in [-0.1, -0.05) is 6.07 Å². The van der Waals surface area contributed by atoms with E-state index in [4.69, 9.17) is 4.42 Å². The molecule has 0 unspecified atom stereocenters. The van der Waals surface area contributed by atoms with Gasteiger partial charge in [-0.3, -0.25) is 10.1 Å². The second-order valence-corrected chi connectivity index (χ2v) is 4.87. The number of methoxy groups -OCH3 is 2. The maximum absolute atomic E-state index is 12.4. The first kappa shape index (κ1) is 17.7. The maximum atomic E-state index is 12.4. The van der Waals surface area contributed by atoms with Gasteiger partial charge in [0.15, 0.2) is 0 Å². The number of esters is 2. The first-order valence-electron chi connectivity index (χ1n) is 7.04. The summed E-state index contributed by atoms with van der Waals surface area (Å²) in [5.74, 6) is -1.98. The number of nitrogens with one attached hydrogen (secondary N) is 1. The number of amides is 1. The number of rotatable bonds is 4. The molecule has 0 radical (unpaired) electrons. The minimum atomic E-state index is -0.744. The Labute approximate surface area is 142 Å². The van der Waals surface area contributed by atoms with Gasteiger partial charge in [0.2, 0.25) is 5.88 Å². The summed E-state index contributed by atoms with van der Waals surface area (Å²) in [5, 5.41) is 11.7. The largest absolute Gasteiger partial charge is 0.465 e. The molecule has 2 aromatic rings. The lowest BCUT2D eigenvalue weighted by atomic mass is 10.1. The number of hydrogen-bond acceptors (Lipinski definition) is 7. The van der Waals surface area contributed by atoms with E-state index in [2.05, 4.69) is 14.8 Å². The number of nitriles is 1. The second kappa shape index (κ2) is 7.31. The Hall–Kier alpha value is -3.60. The molecule has 0 spiro atoms. The molecule has 0 saturated heterocycles. The molecule has 128 valence electrons. The van der Waals surface area contributed by atoms with Crippen molar-refractivity contribution in [1.29, 1.82) is 5.26 Å². The molecule has 1 aromatic carbocycles. The van der Waals surface area contributed by atoms with Crippen molar-refractivity contribution in [3.63, 3.8) is 0 Å². The van der Waals surface area contributed by atoms with Gasteiger partial charge in [-0.2, -0.15) is 5.26 Å². The molecule has 0 bridgehead atoms. The number of carbonyl (C=O) groups is 3. The van der Waals surface area contributed by atoms with Crippen LogP contribution in [0, 0.1) is 18.3 Å². The number of carbonyl (C=O) groups excluding carboxylic acids is 3. The van der Waals surface area contributed by atoms with Crippen molar-refractivity contribution in [3.8, 4) is 6.07 Å². The highest BCUT2D eigenvalue weighted by Crippen LogP contribution is 2.27. The van der Waals surface area contributed by atoms with E-state index in [9.17, 15) is 19.6 Å². The molecule has 1 aromatic heterocycles. The van der Waals surface area contributed by atoms with Crippen LogP contribution in [0.5, 0.6) is 0 Å². The van der Waals surface area contributed by atoms with E-state index in [1.807, 2.05) is 6.07 Å². The SMILES string of the molecule is COC(=O)c1cccc(C(=O)Nc2oc(C)c(C(=O)OC)c2C#N)c1. The average molecular weight is 342 g/mol. The fourth-order valence-corrected chi connectivity index (χ4v) is 2.17. The molecule has 1 amide bonds. The number of nitrogens with zero attached hydrogens (tertiary/aromatic N) is 1. The zero-order valence-electron chi connectivity index (χ0n) is 13.7. The minimum absolute atomic E-state index is 0.0522. The zero-order chi connectivity index (χ0) is 18.6. The third-order valence-electron chi connectivity index (χ3n) is 3.36. The summed E-state index contributed by atoms with van der Waals surface area (Å²) < 4.78 is 14.5. The maximum Gasteiger partial charge on any atom is 0.342 e. The van der Waals surface area contributed by atoms with Gasteiger partial charge in [0.1, 0.15) is 23.0 Å². The predicted molar refractivity (Wildman–Crippen MR) is 85.2 cm³/mol. The number of ether oxygens (including phenoxy) is 2. The molecule has 1 heterocycles. The van der Waals surface area contributed by atoms with Gasteiger partial charge >= 0.3 is 11.9 Å². The van der Waals surface area contributed by atoms with Crippen molar-refractivity contribution >= 4 is 23.7 Å². The van der Waals surface area contributed by atoms with Crippen LogP contribution in [0.3, 0.4) is 0 Å². The van der Waals surface area contributed by atoms with Crippen LogP contribution in [-0.2, 0) is 9.47 Å². The molecule has 0 fully saturated rings. The third-order valence-corrected chi connectivity index (χ3v) is 3.36. The number of hydrogen-bond donors (Lipinski definition) is 1. The number of furan rings is 1. The molecule has 0 aliphatic heterocycles. The average Bonchev–Trinajstić information content (AvgIpc) is 2.95. The van der Waals surface area contributed by atoms with Crippen LogP contribution < -0.4 is 5.32 Å². The number of anilines is 1. The number of benzene rings is 1. The van der Waals surface area contributed by atoms with Crippen molar-refractivity contribution in [2.24, 2.45) is 0 Å². The Kier molecular flexibility index (Phi) is 5.19. The van der Waals surface area contributed by atoms with Crippen LogP contribution in [-0.4, -0.2) is 32.1 Å². The highest BCUT2D eigenvalue weighted by Gasteiger charge is 2.25. The van der Waals surface area contributed by atoms with Crippen molar-refractivity contribution in [3.05, 3.63) is 52.3 Å². The molecule has 0 atom stereocenters. The van der Waals surface area contributed by atoms with Crippen LogP contribution in [0.15, 0.2) is 28.7 Å². The van der Waals surface area contributed by atoms with E-state index in [1.54, 1.807) is 0 Å². The molecule has 0 aliphatic carbocycles. The summed E-state index contributed by atoms with van der Waals surface area (Å²) in [4.78, 5) is 35.6. The van der Waals surface area contributed by atoms with E-state index in [-0.39, 0.29) is 33.9 Å². The molecule has 8 heteroatoms. The minimum Gasteiger partial charge on any atom is -0.465 e. The van der Waals surface area contributed by atoms with Crippen LogP contribution in [0.1, 0.15) is 42.4 Å². The summed E-state index contributed by atoms with van der Waals surface area (Å²) in [6, 6.07) is 7.64. The van der Waals surface area contributed by atoms with Crippen molar-refractivity contribution in [2.75, 3.05) is 19.5 Å². The molecule has 1 N–H and O–H groups in total. The van der Waals surface area contributed by atoms with E-state index in [0.29, 0.717) is 0 Å². The highest BCUT2D eigenvalue weighted by molar-refractivity contribution is 6.06. The van der Waals surface area contributed by atoms with Crippen molar-refractivity contribution in [1.82, 2.24) is 0 Å². The standard InChI is InChI=1S/C17H14N2O6/c1-9-13(17(22)24-3)12(8-18)15(25-9)19-14(20)10-5-4-6-11(7-10)16(21)23-2/h4-7H,1-3H3,(H,19,20). The molecule has 25 heavy (non-hydrogen) atoms. The van der Waals surface area contributed by atoms with E-state index in [0.717, 1.165) is 0 Å². The van der Waals surface area contributed by atoms with Crippen LogP contribution in [0.4, 0.5) is 5.88 Å². The summed E-state index contributed by atoms with van der Waals surface area (Å²) in [5.41, 5.74) is 0.160. The summed E-state index contributed by atoms with van der Waals surface area (Å²) >= 11 is 0. The quantitative estimate of drug-likeness (QED) is 0.847. The summed E-state index contributed by atoms with van der Waals surface area (Å²) in [7, 11) is 2.40. The molecule has 0 saturated carbocycles. The van der Waals surface area contributed by atoms with Crippen LogP contribution in [0.25, 0.3) is 0 Å². The van der Waals surface area contributed by atoms with E-state index >= 15 is 0 Å². The highest BCUT2D eigenvalue weighted by atomic mass is 16.5. The first-order chi connectivity index (χ1) is 11.9. The van der Waals surface area contributed by atoms with Gasteiger partial charge in [-0.25, -0.2) is 9.59 Å². The van der Waals surface area contributed by atoms with Crippen molar-refractivity contribution in [2.45, 2.75) is 6.92 Å². The van der Waals surface area contributed by atoms with E-state index < -0.39 is 17.8 Å². The van der Waals surface area contributed by atoms with Gasteiger partial charge in [0.05, 0.1) is 19.8 Å². The normalized spacial score (nSPS) is 9.84. The summed E-state index contributed by atoms with van der Waals surface area (Å²) in [6.07, 6.45) is 0. The molecule has 0 aliphatic rings. The van der Waals surface area contributed by atoms with E-state index in [1.165, 1.54) is 45.4 Å². The number of aryl methyl sites for hydroxylation is 1. The lowest BCUT2D eigenvalue weighted by Crippen LogP contribution is -2.14. The monoisotopic (exact) mass is 342 g/mol. The Balaban J connectivity index is 2.35. The fraction of sp³-hybridized carbons (Fsp3) is 0.176. The molecule has 8 nitrogen and oxygen atoms in total. The third kappa shape index (κ3) is 3.50. The Bertz CT molecular complexity index is 891. The van der Waals surface area contributed by atoms with Gasteiger partial charge in [0.25, 0.3) is 5.91 Å². The van der Waals surface area contributed by atoms with Gasteiger partial charge in [-0.15, -0.1) is 0 Å². The Morgan fingerprint density at radius 3 is 2.36 bits per heavy atom. The Morgan fingerprint density at radius 2 is 1.76 bits per heavy atom. The fourth-order valence-electron chi connectivity index (χ4n) is 2.17. The second-order valence-electron chi connectivity index (χ2n) is 4.87. The molecular formula is C17H14N2O6. The topological polar surface area (TPSA) is 119 Å². The smallest absolute Gasteiger partial charge is 0.342 e. The zero-order valence-corrected chi connectivity index (χ0v) is 13.7. The lowest BCUT2D eigenvalue weighted by molar-refractivity contribution is 0.0590. The first-order valence-corrected chi connectivity index (χ1v) is 7.04. The van der Waals surface area contributed by atoms with Gasteiger partial charge in [0, 0.05) is 5.56 Å².